The number of halogens is 1. The van der Waals surface area contributed by atoms with Crippen LogP contribution in [-0.4, -0.2) is 42.6 Å². The SMILES string of the molecule is COC(C)(C)CCN1CCCCC1CCCl. The van der Waals surface area contributed by atoms with E-state index in [1.54, 1.807) is 7.11 Å². The average Bonchev–Trinajstić information content (AvgIpc) is 2.28. The molecule has 96 valence electrons. The first-order valence-corrected chi connectivity index (χ1v) is 6.97. The van der Waals surface area contributed by atoms with Crippen molar-refractivity contribution in [2.24, 2.45) is 0 Å². The van der Waals surface area contributed by atoms with Gasteiger partial charge in [0.05, 0.1) is 5.60 Å². The van der Waals surface area contributed by atoms with Crippen molar-refractivity contribution in [1.29, 1.82) is 0 Å². The Kier molecular flexibility index (Phi) is 6.09. The lowest BCUT2D eigenvalue weighted by atomic mass is 9.97. The fraction of sp³-hybridized carbons (Fsp3) is 1.00. The predicted molar refractivity (Wildman–Crippen MR) is 70.3 cm³/mol. The molecule has 3 heteroatoms. The zero-order chi connectivity index (χ0) is 12.0. The van der Waals surface area contributed by atoms with E-state index in [0.29, 0.717) is 6.04 Å². The highest BCUT2D eigenvalue weighted by atomic mass is 35.5. The summed E-state index contributed by atoms with van der Waals surface area (Å²) in [4.78, 5) is 2.60. The van der Waals surface area contributed by atoms with Crippen LogP contribution in [0.3, 0.4) is 0 Å². The number of rotatable bonds is 6. The van der Waals surface area contributed by atoms with Crippen LogP contribution in [0.5, 0.6) is 0 Å². The number of hydrogen-bond acceptors (Lipinski definition) is 2. The van der Waals surface area contributed by atoms with E-state index in [9.17, 15) is 0 Å². The molecule has 0 amide bonds. The molecule has 0 radical (unpaired) electrons. The Morgan fingerprint density at radius 3 is 2.75 bits per heavy atom. The monoisotopic (exact) mass is 247 g/mol. The van der Waals surface area contributed by atoms with Crippen molar-refractivity contribution in [1.82, 2.24) is 4.90 Å². The van der Waals surface area contributed by atoms with Crippen LogP contribution in [0.15, 0.2) is 0 Å². The molecule has 0 aromatic carbocycles. The summed E-state index contributed by atoms with van der Waals surface area (Å²) in [6.45, 7) is 6.70. The van der Waals surface area contributed by atoms with Crippen molar-refractivity contribution < 1.29 is 4.74 Å². The summed E-state index contributed by atoms with van der Waals surface area (Å²) in [5, 5.41) is 0. The molecule has 1 saturated heterocycles. The van der Waals surface area contributed by atoms with E-state index in [1.165, 1.54) is 25.8 Å². The smallest absolute Gasteiger partial charge is 0.0634 e. The summed E-state index contributed by atoms with van der Waals surface area (Å²) < 4.78 is 5.47. The van der Waals surface area contributed by atoms with E-state index in [1.807, 2.05) is 0 Å². The summed E-state index contributed by atoms with van der Waals surface area (Å²) in [6.07, 6.45) is 6.26. The maximum atomic E-state index is 5.87. The van der Waals surface area contributed by atoms with Crippen molar-refractivity contribution >= 4 is 11.6 Å². The van der Waals surface area contributed by atoms with Crippen LogP contribution in [0, 0.1) is 0 Å². The topological polar surface area (TPSA) is 12.5 Å². The minimum absolute atomic E-state index is 0.00294. The third-order valence-electron chi connectivity index (χ3n) is 3.75. The van der Waals surface area contributed by atoms with E-state index in [0.717, 1.165) is 25.3 Å². The second-order valence-corrected chi connectivity index (χ2v) is 5.76. The summed E-state index contributed by atoms with van der Waals surface area (Å²) in [5.74, 6) is 0.787. The van der Waals surface area contributed by atoms with Gasteiger partial charge in [0.25, 0.3) is 0 Å². The number of ether oxygens (including phenoxy) is 1. The number of alkyl halides is 1. The Labute approximate surface area is 105 Å². The minimum atomic E-state index is 0.00294. The van der Waals surface area contributed by atoms with Crippen LogP contribution in [-0.2, 0) is 4.74 Å². The molecule has 16 heavy (non-hydrogen) atoms. The number of methoxy groups -OCH3 is 1. The van der Waals surface area contributed by atoms with Gasteiger partial charge >= 0.3 is 0 Å². The van der Waals surface area contributed by atoms with Gasteiger partial charge in [-0.1, -0.05) is 6.42 Å². The van der Waals surface area contributed by atoms with Gasteiger partial charge in [0.15, 0.2) is 0 Å². The number of nitrogens with zero attached hydrogens (tertiary/aromatic N) is 1. The van der Waals surface area contributed by atoms with Crippen molar-refractivity contribution in [2.75, 3.05) is 26.1 Å². The summed E-state index contributed by atoms with van der Waals surface area (Å²) >= 11 is 5.87. The van der Waals surface area contributed by atoms with Crippen LogP contribution in [0.1, 0.15) is 46.0 Å². The molecule has 1 rings (SSSR count). The van der Waals surface area contributed by atoms with Gasteiger partial charge in [0.2, 0.25) is 0 Å². The van der Waals surface area contributed by atoms with Crippen molar-refractivity contribution in [3.05, 3.63) is 0 Å². The Balaban J connectivity index is 2.37. The Morgan fingerprint density at radius 2 is 2.12 bits per heavy atom. The predicted octanol–water partition coefficient (Wildman–Crippen LogP) is 3.28. The quantitative estimate of drug-likeness (QED) is 0.668. The standard InChI is InChI=1S/C13H26ClNO/c1-13(2,16-3)8-11-15-10-5-4-6-12(15)7-9-14/h12H,4-11H2,1-3H3. The molecule has 1 atom stereocenters. The molecule has 1 unspecified atom stereocenters. The van der Waals surface area contributed by atoms with Gasteiger partial charge in [-0.15, -0.1) is 11.6 Å². The molecule has 0 aromatic heterocycles. The molecule has 1 aliphatic heterocycles. The van der Waals surface area contributed by atoms with E-state index in [2.05, 4.69) is 18.7 Å². The number of likely N-dealkylation sites (tertiary alicyclic amines) is 1. The highest BCUT2D eigenvalue weighted by Gasteiger charge is 2.24. The lowest BCUT2D eigenvalue weighted by molar-refractivity contribution is 0.000769. The number of piperidine rings is 1. The Hall–Kier alpha value is 0.210. The molecule has 1 fully saturated rings. The van der Waals surface area contributed by atoms with E-state index < -0.39 is 0 Å². The molecule has 0 spiro atoms. The van der Waals surface area contributed by atoms with E-state index in [4.69, 9.17) is 16.3 Å². The van der Waals surface area contributed by atoms with Crippen molar-refractivity contribution in [3.63, 3.8) is 0 Å². The normalized spacial score (nSPS) is 23.6. The molecule has 0 saturated carbocycles. The van der Waals surface area contributed by atoms with Crippen LogP contribution in [0.25, 0.3) is 0 Å². The zero-order valence-corrected chi connectivity index (χ0v) is 11.7. The van der Waals surface area contributed by atoms with Gasteiger partial charge < -0.3 is 9.64 Å². The van der Waals surface area contributed by atoms with Gasteiger partial charge in [0, 0.05) is 25.6 Å². The maximum Gasteiger partial charge on any atom is 0.0634 e. The van der Waals surface area contributed by atoms with Gasteiger partial charge in [0.1, 0.15) is 0 Å². The van der Waals surface area contributed by atoms with Crippen LogP contribution in [0.2, 0.25) is 0 Å². The lowest BCUT2D eigenvalue weighted by Crippen LogP contribution is -2.42. The van der Waals surface area contributed by atoms with E-state index >= 15 is 0 Å². The van der Waals surface area contributed by atoms with Crippen molar-refractivity contribution in [3.8, 4) is 0 Å². The molecule has 0 aliphatic carbocycles. The zero-order valence-electron chi connectivity index (χ0n) is 11.0. The van der Waals surface area contributed by atoms with Crippen LogP contribution in [0.4, 0.5) is 0 Å². The first-order chi connectivity index (χ1) is 7.59. The third kappa shape index (κ3) is 4.60. The second kappa shape index (κ2) is 6.83. The maximum absolute atomic E-state index is 5.87. The molecule has 2 nitrogen and oxygen atoms in total. The molecule has 0 aromatic rings. The van der Waals surface area contributed by atoms with Gasteiger partial charge in [-0.25, -0.2) is 0 Å². The largest absolute Gasteiger partial charge is 0.379 e. The Bertz CT molecular complexity index is 194. The first-order valence-electron chi connectivity index (χ1n) is 6.44. The highest BCUT2D eigenvalue weighted by molar-refractivity contribution is 6.17. The van der Waals surface area contributed by atoms with E-state index in [-0.39, 0.29) is 5.60 Å². The molecular formula is C13H26ClNO. The summed E-state index contributed by atoms with van der Waals surface area (Å²) in [7, 11) is 1.80. The fourth-order valence-corrected chi connectivity index (χ4v) is 2.57. The summed E-state index contributed by atoms with van der Waals surface area (Å²) in [6, 6.07) is 0.707. The molecule has 1 heterocycles. The Morgan fingerprint density at radius 1 is 1.38 bits per heavy atom. The molecule has 0 bridgehead atoms. The fourth-order valence-electron chi connectivity index (χ4n) is 2.32. The second-order valence-electron chi connectivity index (χ2n) is 5.38. The van der Waals surface area contributed by atoms with Crippen LogP contribution >= 0.6 is 11.6 Å². The van der Waals surface area contributed by atoms with Crippen LogP contribution < -0.4 is 0 Å². The minimum Gasteiger partial charge on any atom is -0.379 e. The average molecular weight is 248 g/mol. The van der Waals surface area contributed by atoms with Gasteiger partial charge in [-0.3, -0.25) is 0 Å². The number of hydrogen-bond donors (Lipinski definition) is 0. The molecular weight excluding hydrogens is 222 g/mol. The highest BCUT2D eigenvalue weighted by Crippen LogP contribution is 2.22. The molecule has 0 N–H and O–H groups in total. The summed E-state index contributed by atoms with van der Waals surface area (Å²) in [5.41, 5.74) is 0.00294. The first kappa shape index (κ1) is 14.3. The molecule has 1 aliphatic rings. The van der Waals surface area contributed by atoms with Crippen molar-refractivity contribution in [2.45, 2.75) is 57.6 Å². The van der Waals surface area contributed by atoms with Gasteiger partial charge in [-0.05, 0) is 46.1 Å². The van der Waals surface area contributed by atoms with Gasteiger partial charge in [-0.2, -0.15) is 0 Å². The third-order valence-corrected chi connectivity index (χ3v) is 3.96. The lowest BCUT2D eigenvalue weighted by Gasteiger charge is -2.37.